The third-order valence-electron chi connectivity index (χ3n) is 8.98. The second kappa shape index (κ2) is 9.45. The minimum Gasteiger partial charge on any atom is -0.497 e. The number of carbonyl (C=O) groups excluding carboxylic acids is 1. The number of hydrogen-bond donors (Lipinski definition) is 0. The number of benzene rings is 2. The van der Waals surface area contributed by atoms with Crippen LogP contribution in [0, 0.1) is 11.7 Å². The minimum atomic E-state index is -0.206. The van der Waals surface area contributed by atoms with Gasteiger partial charge in [0.2, 0.25) is 0 Å². The molecule has 1 heterocycles. The largest absolute Gasteiger partial charge is 0.497 e. The Morgan fingerprint density at radius 3 is 2.34 bits per heavy atom. The predicted molar refractivity (Wildman–Crippen MR) is 136 cm³/mol. The molecule has 2 amide bonds. The van der Waals surface area contributed by atoms with Crippen molar-refractivity contribution in [2.75, 3.05) is 34.3 Å². The number of halogens is 1. The van der Waals surface area contributed by atoms with Crippen LogP contribution in [0.15, 0.2) is 48.5 Å². The molecule has 0 aromatic heterocycles. The Kier molecular flexibility index (Phi) is 6.51. The van der Waals surface area contributed by atoms with Gasteiger partial charge in [-0.2, -0.15) is 0 Å². The van der Waals surface area contributed by atoms with E-state index in [1.165, 1.54) is 25.3 Å². The van der Waals surface area contributed by atoms with E-state index < -0.39 is 0 Å². The summed E-state index contributed by atoms with van der Waals surface area (Å²) in [6.07, 6.45) is 7.41. The third-order valence-corrected chi connectivity index (χ3v) is 8.98. The van der Waals surface area contributed by atoms with Crippen LogP contribution in [-0.2, 0) is 12.1 Å². The highest BCUT2D eigenvalue weighted by Crippen LogP contribution is 2.50. The van der Waals surface area contributed by atoms with E-state index >= 15 is 0 Å². The Labute approximate surface area is 208 Å². The number of hydrogen-bond acceptors (Lipinski definition) is 3. The monoisotopic (exact) mass is 479 g/mol. The summed E-state index contributed by atoms with van der Waals surface area (Å²) in [7, 11) is 5.87. The Morgan fingerprint density at radius 1 is 1.06 bits per heavy atom. The van der Waals surface area contributed by atoms with Gasteiger partial charge in [-0.25, -0.2) is 9.18 Å². The van der Waals surface area contributed by atoms with Gasteiger partial charge in [0.25, 0.3) is 0 Å². The Balaban J connectivity index is 1.39. The lowest BCUT2D eigenvalue weighted by atomic mass is 9.68. The van der Waals surface area contributed by atoms with Crippen molar-refractivity contribution in [3.05, 3.63) is 65.5 Å². The van der Waals surface area contributed by atoms with Gasteiger partial charge in [0.15, 0.2) is 0 Å². The molecule has 1 saturated heterocycles. The van der Waals surface area contributed by atoms with E-state index in [9.17, 15) is 9.18 Å². The third kappa shape index (κ3) is 4.42. The maximum absolute atomic E-state index is 14.2. The number of amides is 2. The van der Waals surface area contributed by atoms with Crippen molar-refractivity contribution >= 4 is 6.03 Å². The molecule has 6 heteroatoms. The zero-order chi connectivity index (χ0) is 24.6. The van der Waals surface area contributed by atoms with Gasteiger partial charge in [-0.1, -0.05) is 30.7 Å². The van der Waals surface area contributed by atoms with E-state index in [-0.39, 0.29) is 22.9 Å². The van der Waals surface area contributed by atoms with Gasteiger partial charge >= 0.3 is 6.03 Å². The second-order valence-corrected chi connectivity index (χ2v) is 11.1. The van der Waals surface area contributed by atoms with E-state index in [2.05, 4.69) is 42.1 Å². The van der Waals surface area contributed by atoms with Crippen LogP contribution in [0.4, 0.5) is 9.18 Å². The first-order chi connectivity index (χ1) is 16.8. The van der Waals surface area contributed by atoms with Gasteiger partial charge < -0.3 is 14.5 Å². The zero-order valence-corrected chi connectivity index (χ0v) is 21.3. The summed E-state index contributed by atoms with van der Waals surface area (Å²) in [5, 5.41) is 0. The summed E-state index contributed by atoms with van der Waals surface area (Å²) in [6.45, 7) is 2.25. The molecule has 5 rings (SSSR count). The van der Waals surface area contributed by atoms with Gasteiger partial charge in [-0.15, -0.1) is 0 Å². The number of rotatable bonds is 7. The number of urea groups is 1. The minimum absolute atomic E-state index is 0.147. The van der Waals surface area contributed by atoms with Gasteiger partial charge in [-0.05, 0) is 93.9 Å². The summed E-state index contributed by atoms with van der Waals surface area (Å²) in [4.78, 5) is 20.3. The molecular weight excluding hydrogens is 441 g/mol. The van der Waals surface area contributed by atoms with Crippen molar-refractivity contribution in [1.82, 2.24) is 14.7 Å². The smallest absolute Gasteiger partial charge is 0.320 e. The van der Waals surface area contributed by atoms with E-state index in [1.807, 2.05) is 23.1 Å². The van der Waals surface area contributed by atoms with Crippen LogP contribution >= 0.6 is 0 Å². The van der Waals surface area contributed by atoms with Crippen LogP contribution < -0.4 is 4.74 Å². The first-order valence-corrected chi connectivity index (χ1v) is 13.0. The molecule has 2 aromatic rings. The molecule has 3 aliphatic rings. The average Bonchev–Trinajstić information content (AvgIpc) is 3.07. The quantitative estimate of drug-likeness (QED) is 0.516. The van der Waals surface area contributed by atoms with Crippen LogP contribution in [0.5, 0.6) is 5.75 Å². The summed E-state index contributed by atoms with van der Waals surface area (Å²) in [5.74, 6) is 1.27. The molecule has 0 N–H and O–H groups in total. The number of carbonyl (C=O) groups is 1. The molecule has 0 radical (unpaired) electrons. The van der Waals surface area contributed by atoms with Crippen LogP contribution in [-0.4, -0.2) is 60.6 Å². The summed E-state index contributed by atoms with van der Waals surface area (Å²) >= 11 is 0. The van der Waals surface area contributed by atoms with Crippen molar-refractivity contribution in [2.45, 2.75) is 62.6 Å². The molecule has 1 aliphatic heterocycles. The lowest BCUT2D eigenvalue weighted by Gasteiger charge is -2.51. The fourth-order valence-corrected chi connectivity index (χ4v) is 6.49. The first kappa shape index (κ1) is 24.1. The molecule has 2 aromatic carbocycles. The average molecular weight is 480 g/mol. The number of nitrogens with zero attached hydrogens (tertiary/aromatic N) is 3. The molecule has 188 valence electrons. The maximum Gasteiger partial charge on any atom is 0.320 e. The van der Waals surface area contributed by atoms with E-state index in [4.69, 9.17) is 4.74 Å². The molecule has 35 heavy (non-hydrogen) atoms. The molecule has 2 saturated carbocycles. The first-order valence-electron chi connectivity index (χ1n) is 13.0. The van der Waals surface area contributed by atoms with Gasteiger partial charge in [0.05, 0.1) is 12.6 Å². The van der Waals surface area contributed by atoms with Crippen LogP contribution in [0.25, 0.3) is 0 Å². The number of ether oxygens (including phenoxy) is 1. The Bertz CT molecular complexity index is 1040. The SMILES string of the molecule is COc1ccc(CN2CC3(CCC(c4cccc(F)c4)(N(C)C)CC3)N(CC3CCC3)C2=O)cc1. The molecule has 0 atom stereocenters. The topological polar surface area (TPSA) is 36.0 Å². The highest BCUT2D eigenvalue weighted by Gasteiger charge is 2.54. The van der Waals surface area contributed by atoms with Gasteiger partial charge in [-0.3, -0.25) is 4.90 Å². The summed E-state index contributed by atoms with van der Waals surface area (Å²) in [6, 6.07) is 15.3. The Hall–Kier alpha value is -2.60. The fourth-order valence-electron chi connectivity index (χ4n) is 6.49. The molecule has 2 aliphatic carbocycles. The second-order valence-electron chi connectivity index (χ2n) is 11.1. The van der Waals surface area contributed by atoms with Crippen molar-refractivity contribution in [3.63, 3.8) is 0 Å². The van der Waals surface area contributed by atoms with Crippen molar-refractivity contribution in [1.29, 1.82) is 0 Å². The van der Waals surface area contributed by atoms with Crippen LogP contribution in [0.2, 0.25) is 0 Å². The predicted octanol–water partition coefficient (Wildman–Crippen LogP) is 5.64. The van der Waals surface area contributed by atoms with Gasteiger partial charge in [0.1, 0.15) is 11.6 Å². The summed E-state index contributed by atoms with van der Waals surface area (Å²) in [5.41, 5.74) is 1.81. The lowest BCUT2D eigenvalue weighted by Crippen LogP contribution is -2.56. The zero-order valence-electron chi connectivity index (χ0n) is 21.3. The highest BCUT2D eigenvalue weighted by atomic mass is 19.1. The fraction of sp³-hybridized carbons (Fsp3) is 0.552. The normalized spacial score (nSPS) is 27.1. The molecule has 5 nitrogen and oxygen atoms in total. The molecular formula is C29H38FN3O2. The van der Waals surface area contributed by atoms with Crippen LogP contribution in [0.3, 0.4) is 0 Å². The van der Waals surface area contributed by atoms with E-state index in [0.29, 0.717) is 12.5 Å². The van der Waals surface area contributed by atoms with E-state index in [1.54, 1.807) is 13.2 Å². The molecule has 3 fully saturated rings. The molecule has 0 bridgehead atoms. The summed E-state index contributed by atoms with van der Waals surface area (Å²) < 4.78 is 19.5. The maximum atomic E-state index is 14.2. The molecule has 1 spiro atoms. The van der Waals surface area contributed by atoms with Crippen molar-refractivity contribution in [3.8, 4) is 5.75 Å². The highest BCUT2D eigenvalue weighted by molar-refractivity contribution is 5.78. The Morgan fingerprint density at radius 2 is 1.77 bits per heavy atom. The molecule has 0 unspecified atom stereocenters. The van der Waals surface area contributed by atoms with E-state index in [0.717, 1.165) is 55.6 Å². The number of methoxy groups -OCH3 is 1. The van der Waals surface area contributed by atoms with Crippen molar-refractivity contribution < 1.29 is 13.9 Å². The lowest BCUT2D eigenvalue weighted by molar-refractivity contribution is 0.0157. The van der Waals surface area contributed by atoms with Crippen molar-refractivity contribution in [2.24, 2.45) is 5.92 Å². The van der Waals surface area contributed by atoms with Crippen LogP contribution in [0.1, 0.15) is 56.1 Å². The van der Waals surface area contributed by atoms with Gasteiger partial charge in [0, 0.05) is 25.2 Å². The standard InChI is InChI=1S/C29H38FN3O2/c1-31(2)29(24-8-5-9-25(30)18-24)16-14-28(15-17-29)21-32(19-23-10-12-26(35-3)13-11-23)27(34)33(28)20-22-6-4-7-22/h5,8-13,18,22H,4,6-7,14-17,19-21H2,1-3H3.